The first-order valence-corrected chi connectivity index (χ1v) is 8.85. The summed E-state index contributed by atoms with van der Waals surface area (Å²) in [7, 11) is 1.56. The number of ether oxygens (including phenoxy) is 1. The van der Waals surface area contributed by atoms with E-state index in [1.807, 2.05) is 12.1 Å². The third-order valence-corrected chi connectivity index (χ3v) is 5.23. The van der Waals surface area contributed by atoms with Crippen molar-refractivity contribution in [3.63, 3.8) is 0 Å². The number of halogens is 2. The zero-order chi connectivity index (χ0) is 17.3. The molecule has 0 N–H and O–H groups in total. The van der Waals surface area contributed by atoms with Gasteiger partial charge in [0.1, 0.15) is 5.75 Å². The van der Waals surface area contributed by atoms with Crippen LogP contribution in [0.3, 0.4) is 0 Å². The van der Waals surface area contributed by atoms with E-state index in [1.54, 1.807) is 43.5 Å². The molecule has 24 heavy (non-hydrogen) atoms. The first-order valence-electron chi connectivity index (χ1n) is 6.87. The summed E-state index contributed by atoms with van der Waals surface area (Å²) in [5, 5.41) is 1.02. The SMILES string of the molecule is COc1ccccc1N1C(=O)C(=Cc2ccc(Cl)cc2Cl)SC1=S. The molecular weight excluding hydrogens is 385 g/mol. The van der Waals surface area contributed by atoms with Crippen LogP contribution in [0.4, 0.5) is 5.69 Å². The van der Waals surface area contributed by atoms with Crippen LogP contribution >= 0.6 is 47.2 Å². The van der Waals surface area contributed by atoms with E-state index in [0.717, 1.165) is 0 Å². The van der Waals surface area contributed by atoms with E-state index in [-0.39, 0.29) is 5.91 Å². The molecule has 7 heteroatoms. The van der Waals surface area contributed by atoms with Crippen LogP contribution in [0.15, 0.2) is 47.4 Å². The van der Waals surface area contributed by atoms with E-state index in [0.29, 0.717) is 36.3 Å². The molecular formula is C17H11Cl2NO2S2. The summed E-state index contributed by atoms with van der Waals surface area (Å²) < 4.78 is 5.77. The summed E-state index contributed by atoms with van der Waals surface area (Å²) in [5.74, 6) is 0.375. The van der Waals surface area contributed by atoms with Crippen molar-refractivity contribution in [2.24, 2.45) is 0 Å². The summed E-state index contributed by atoms with van der Waals surface area (Å²) in [6.45, 7) is 0. The van der Waals surface area contributed by atoms with Gasteiger partial charge in [-0.3, -0.25) is 9.69 Å². The standard InChI is InChI=1S/C17H11Cl2NO2S2/c1-22-14-5-3-2-4-13(14)20-16(21)15(24-17(20)23)8-10-6-7-11(18)9-12(10)19/h2-9H,1H3. The predicted molar refractivity (Wildman–Crippen MR) is 105 cm³/mol. The molecule has 1 aliphatic rings. The van der Waals surface area contributed by atoms with E-state index >= 15 is 0 Å². The molecule has 0 radical (unpaired) electrons. The molecule has 3 rings (SSSR count). The second-order valence-corrected chi connectivity index (χ2v) is 7.37. The van der Waals surface area contributed by atoms with Crippen LogP contribution in [0.2, 0.25) is 10.0 Å². The van der Waals surface area contributed by atoms with Gasteiger partial charge in [0.25, 0.3) is 5.91 Å². The Morgan fingerprint density at radius 3 is 2.67 bits per heavy atom. The third kappa shape index (κ3) is 3.30. The molecule has 1 heterocycles. The summed E-state index contributed by atoms with van der Waals surface area (Å²) in [4.78, 5) is 14.8. The van der Waals surface area contributed by atoms with E-state index in [4.69, 9.17) is 40.2 Å². The number of thiocarbonyl (C=S) groups is 1. The molecule has 0 bridgehead atoms. The molecule has 0 unspecified atom stereocenters. The Morgan fingerprint density at radius 2 is 1.96 bits per heavy atom. The fourth-order valence-corrected chi connectivity index (χ4v) is 3.99. The number of hydrogen-bond donors (Lipinski definition) is 0. The molecule has 122 valence electrons. The average Bonchev–Trinajstić information content (AvgIpc) is 2.84. The Balaban J connectivity index is 1.99. The lowest BCUT2D eigenvalue weighted by Crippen LogP contribution is -2.27. The number of nitrogens with zero attached hydrogens (tertiary/aromatic N) is 1. The Morgan fingerprint density at radius 1 is 1.21 bits per heavy atom. The molecule has 2 aromatic rings. The maximum absolute atomic E-state index is 12.8. The molecule has 0 saturated carbocycles. The van der Waals surface area contributed by atoms with Gasteiger partial charge < -0.3 is 4.74 Å². The van der Waals surface area contributed by atoms with Crippen molar-refractivity contribution in [3.05, 3.63) is 63.0 Å². The maximum Gasteiger partial charge on any atom is 0.270 e. The quantitative estimate of drug-likeness (QED) is 0.513. The largest absolute Gasteiger partial charge is 0.495 e. The van der Waals surface area contributed by atoms with Gasteiger partial charge in [-0.15, -0.1) is 0 Å². The zero-order valence-electron chi connectivity index (χ0n) is 12.5. The van der Waals surface area contributed by atoms with Crippen LogP contribution in [0.1, 0.15) is 5.56 Å². The summed E-state index contributed by atoms with van der Waals surface area (Å²) in [6.07, 6.45) is 1.72. The molecule has 1 fully saturated rings. The van der Waals surface area contributed by atoms with Crippen molar-refractivity contribution in [1.29, 1.82) is 0 Å². The van der Waals surface area contributed by atoms with Crippen LogP contribution < -0.4 is 9.64 Å². The maximum atomic E-state index is 12.8. The molecule has 1 amide bonds. The summed E-state index contributed by atoms with van der Waals surface area (Å²) in [6, 6.07) is 12.4. The van der Waals surface area contributed by atoms with Crippen LogP contribution in [-0.4, -0.2) is 17.3 Å². The van der Waals surface area contributed by atoms with Crippen molar-refractivity contribution in [1.82, 2.24) is 0 Å². The fourth-order valence-electron chi connectivity index (χ4n) is 2.25. The van der Waals surface area contributed by atoms with Gasteiger partial charge >= 0.3 is 0 Å². The minimum atomic E-state index is -0.208. The van der Waals surface area contributed by atoms with E-state index in [1.165, 1.54) is 16.7 Å². The predicted octanol–water partition coefficient (Wildman–Crippen LogP) is 5.41. The first-order chi connectivity index (χ1) is 11.5. The summed E-state index contributed by atoms with van der Waals surface area (Å²) >= 11 is 18.7. The molecule has 0 atom stereocenters. The number of amides is 1. The van der Waals surface area contributed by atoms with E-state index < -0.39 is 0 Å². The normalized spacial score (nSPS) is 16.1. The fraction of sp³-hybridized carbons (Fsp3) is 0.0588. The second kappa shape index (κ2) is 7.15. The van der Waals surface area contributed by atoms with E-state index in [9.17, 15) is 4.79 Å². The minimum Gasteiger partial charge on any atom is -0.495 e. The van der Waals surface area contributed by atoms with Gasteiger partial charge in [-0.25, -0.2) is 0 Å². The molecule has 0 aliphatic carbocycles. The highest BCUT2D eigenvalue weighted by atomic mass is 35.5. The molecule has 1 aliphatic heterocycles. The first kappa shape index (κ1) is 17.3. The molecule has 1 saturated heterocycles. The molecule has 0 spiro atoms. The van der Waals surface area contributed by atoms with Gasteiger partial charge in [0.2, 0.25) is 0 Å². The van der Waals surface area contributed by atoms with Crippen molar-refractivity contribution < 1.29 is 9.53 Å². The lowest BCUT2D eigenvalue weighted by atomic mass is 10.2. The number of anilines is 1. The number of carbonyl (C=O) groups is 1. The van der Waals surface area contributed by atoms with Crippen molar-refractivity contribution in [2.75, 3.05) is 12.0 Å². The Bertz CT molecular complexity index is 867. The Kier molecular flexibility index (Phi) is 5.15. The van der Waals surface area contributed by atoms with Gasteiger partial charge in [0.15, 0.2) is 4.32 Å². The Labute approximate surface area is 159 Å². The number of hydrogen-bond acceptors (Lipinski definition) is 4. The Hall–Kier alpha value is -1.53. The number of para-hydroxylation sites is 2. The van der Waals surface area contributed by atoms with Gasteiger partial charge in [0, 0.05) is 10.0 Å². The van der Waals surface area contributed by atoms with E-state index in [2.05, 4.69) is 0 Å². The van der Waals surface area contributed by atoms with Crippen LogP contribution in [0.5, 0.6) is 5.75 Å². The molecule has 3 nitrogen and oxygen atoms in total. The van der Waals surface area contributed by atoms with Crippen LogP contribution in [-0.2, 0) is 4.79 Å². The van der Waals surface area contributed by atoms with Crippen molar-refractivity contribution >= 4 is 69.2 Å². The van der Waals surface area contributed by atoms with Crippen molar-refractivity contribution in [3.8, 4) is 5.75 Å². The molecule has 2 aromatic carbocycles. The second-order valence-electron chi connectivity index (χ2n) is 4.85. The van der Waals surface area contributed by atoms with Gasteiger partial charge in [-0.2, -0.15) is 0 Å². The lowest BCUT2D eigenvalue weighted by molar-refractivity contribution is -0.113. The highest BCUT2D eigenvalue weighted by Crippen LogP contribution is 2.40. The number of rotatable bonds is 3. The van der Waals surface area contributed by atoms with Gasteiger partial charge in [-0.1, -0.05) is 65.4 Å². The lowest BCUT2D eigenvalue weighted by Gasteiger charge is -2.17. The average molecular weight is 396 g/mol. The minimum absolute atomic E-state index is 0.208. The number of carbonyl (C=O) groups excluding carboxylic acids is 1. The highest BCUT2D eigenvalue weighted by Gasteiger charge is 2.34. The van der Waals surface area contributed by atoms with Crippen LogP contribution in [0, 0.1) is 0 Å². The van der Waals surface area contributed by atoms with Crippen LogP contribution in [0.25, 0.3) is 6.08 Å². The topological polar surface area (TPSA) is 29.5 Å². The zero-order valence-corrected chi connectivity index (χ0v) is 15.6. The number of methoxy groups -OCH3 is 1. The smallest absolute Gasteiger partial charge is 0.270 e. The summed E-state index contributed by atoms with van der Waals surface area (Å²) in [5.41, 5.74) is 1.33. The number of benzene rings is 2. The van der Waals surface area contributed by atoms with Gasteiger partial charge in [-0.05, 0) is 35.9 Å². The molecule has 0 aromatic heterocycles. The number of thioether (sulfide) groups is 1. The highest BCUT2D eigenvalue weighted by molar-refractivity contribution is 8.27. The van der Waals surface area contributed by atoms with Crippen molar-refractivity contribution in [2.45, 2.75) is 0 Å². The van der Waals surface area contributed by atoms with Gasteiger partial charge in [0.05, 0.1) is 17.7 Å². The monoisotopic (exact) mass is 395 g/mol. The third-order valence-electron chi connectivity index (χ3n) is 3.37.